The van der Waals surface area contributed by atoms with E-state index in [1.54, 1.807) is 0 Å². The van der Waals surface area contributed by atoms with E-state index in [2.05, 4.69) is 86.3 Å². The van der Waals surface area contributed by atoms with Crippen molar-refractivity contribution in [2.24, 2.45) is 7.05 Å². The predicted molar refractivity (Wildman–Crippen MR) is 102 cm³/mol. The third-order valence-electron chi connectivity index (χ3n) is 4.65. The zero-order valence-electron chi connectivity index (χ0n) is 16.2. The summed E-state index contributed by atoms with van der Waals surface area (Å²) >= 11 is 0. The van der Waals surface area contributed by atoms with Crippen molar-refractivity contribution in [3.05, 3.63) is 77.5 Å². The first-order valence-electron chi connectivity index (χ1n) is 8.94. The summed E-state index contributed by atoms with van der Waals surface area (Å²) < 4.78 is 10.5. The molecule has 1 nitrogen and oxygen atoms in total. The molecule has 0 spiro atoms. The average Bonchev–Trinajstić information content (AvgIpc) is 2.54. The molecule has 0 atom stereocenters. The number of benzene rings is 2. The molecule has 3 rings (SSSR count). The van der Waals surface area contributed by atoms with Crippen LogP contribution in [0.3, 0.4) is 0 Å². The van der Waals surface area contributed by atoms with Crippen LogP contribution in [0.4, 0.5) is 0 Å². The van der Waals surface area contributed by atoms with Crippen molar-refractivity contribution in [1.82, 2.24) is 0 Å². The van der Waals surface area contributed by atoms with E-state index in [9.17, 15) is 0 Å². The van der Waals surface area contributed by atoms with Crippen molar-refractivity contribution >= 4 is 0 Å². The molecule has 0 saturated heterocycles. The Morgan fingerprint density at radius 2 is 1.58 bits per heavy atom. The number of aromatic nitrogens is 1. The van der Waals surface area contributed by atoms with Gasteiger partial charge in [-0.25, -0.2) is 4.57 Å². The van der Waals surface area contributed by atoms with Crippen LogP contribution in [0.5, 0.6) is 0 Å². The lowest BCUT2D eigenvalue weighted by Crippen LogP contribution is -2.30. The third kappa shape index (κ3) is 3.12. The van der Waals surface area contributed by atoms with Crippen LogP contribution in [-0.4, -0.2) is 0 Å². The minimum absolute atomic E-state index is 0.567. The minimum atomic E-state index is -0.567. The second kappa shape index (κ2) is 6.60. The molecule has 0 unspecified atom stereocenters. The van der Waals surface area contributed by atoms with Crippen molar-refractivity contribution in [2.45, 2.75) is 33.6 Å². The van der Waals surface area contributed by atoms with Gasteiger partial charge in [-0.2, -0.15) is 0 Å². The lowest BCUT2D eigenvalue weighted by atomic mass is 9.94. The van der Waals surface area contributed by atoms with E-state index in [1.165, 1.54) is 33.5 Å². The Kier molecular flexibility index (Phi) is 4.17. The van der Waals surface area contributed by atoms with Crippen LogP contribution in [0.15, 0.2) is 60.8 Å². The molecule has 0 saturated carbocycles. The topological polar surface area (TPSA) is 3.88 Å². The fraction of sp³-hybridized carbons (Fsp3) is 0.261. The van der Waals surface area contributed by atoms with Crippen LogP contribution in [0.2, 0.25) is 0 Å². The fourth-order valence-electron chi connectivity index (χ4n) is 3.32. The quantitative estimate of drug-likeness (QED) is 0.555. The Hall–Kier alpha value is -2.41. The van der Waals surface area contributed by atoms with Crippen LogP contribution in [0.25, 0.3) is 22.4 Å². The van der Waals surface area contributed by atoms with Gasteiger partial charge in [-0.3, -0.25) is 0 Å². The van der Waals surface area contributed by atoms with Gasteiger partial charge in [-0.15, -0.1) is 0 Å². The molecule has 1 heteroatoms. The molecule has 122 valence electrons. The van der Waals surface area contributed by atoms with Crippen LogP contribution in [-0.2, 0) is 7.05 Å². The van der Waals surface area contributed by atoms with Gasteiger partial charge in [0.15, 0.2) is 6.20 Å². The van der Waals surface area contributed by atoms with E-state index >= 15 is 0 Å². The second-order valence-corrected chi connectivity index (χ2v) is 6.76. The van der Waals surface area contributed by atoms with Gasteiger partial charge in [0.25, 0.3) is 0 Å². The second-order valence-electron chi connectivity index (χ2n) is 6.76. The summed E-state index contributed by atoms with van der Waals surface area (Å²) in [7, 11) is 2.10. The summed E-state index contributed by atoms with van der Waals surface area (Å²) in [5.74, 6) is -0.567. The van der Waals surface area contributed by atoms with Gasteiger partial charge >= 0.3 is 0 Å². The summed E-state index contributed by atoms with van der Waals surface area (Å²) in [4.78, 5) is 0. The maximum atomic E-state index is 8.26. The molecule has 0 aliphatic carbocycles. The number of pyridine rings is 1. The van der Waals surface area contributed by atoms with Crippen molar-refractivity contribution in [1.29, 1.82) is 0 Å². The van der Waals surface area contributed by atoms with Crippen LogP contribution in [0.1, 0.15) is 37.8 Å². The summed E-state index contributed by atoms with van der Waals surface area (Å²) in [5, 5.41) is 0. The van der Waals surface area contributed by atoms with Gasteiger partial charge in [0.2, 0.25) is 5.69 Å². The smallest absolute Gasteiger partial charge is 0.200 e. The third-order valence-corrected chi connectivity index (χ3v) is 4.65. The lowest BCUT2D eigenvalue weighted by molar-refractivity contribution is -0.659. The zero-order valence-corrected chi connectivity index (χ0v) is 15.2. The molecule has 0 bridgehead atoms. The number of rotatable bonds is 3. The summed E-state index contributed by atoms with van der Waals surface area (Å²) in [5.41, 5.74) is 8.39. The lowest BCUT2D eigenvalue weighted by Gasteiger charge is -2.11. The first kappa shape index (κ1) is 15.1. The molecule has 0 N–H and O–H groups in total. The number of aryl methyl sites for hydroxylation is 3. The molecular formula is C23H26N+. The summed E-state index contributed by atoms with van der Waals surface area (Å²) in [6.45, 7) is 8.11. The molecule has 3 aromatic rings. The van der Waals surface area contributed by atoms with Gasteiger partial charge in [0, 0.05) is 18.6 Å². The average molecular weight is 317 g/mol. The number of hydrogen-bond donors (Lipinski definition) is 0. The SMILES string of the molecule is [2H]C(C)(C)c1ccc(-c2ccc(-c3ccccc3C)[n+](C)c2)cc1C. The summed E-state index contributed by atoms with van der Waals surface area (Å²) in [6, 6.07) is 19.2. The van der Waals surface area contributed by atoms with Crippen molar-refractivity contribution in [3.8, 4) is 22.4 Å². The van der Waals surface area contributed by atoms with E-state index in [0.29, 0.717) is 0 Å². The Balaban J connectivity index is 2.02. The van der Waals surface area contributed by atoms with Gasteiger partial charge in [0.1, 0.15) is 7.05 Å². The molecule has 0 aliphatic heterocycles. The molecule has 1 heterocycles. The highest BCUT2D eigenvalue weighted by Crippen LogP contribution is 2.27. The molecule has 24 heavy (non-hydrogen) atoms. The molecule has 0 radical (unpaired) electrons. The van der Waals surface area contributed by atoms with E-state index in [-0.39, 0.29) is 0 Å². The Morgan fingerprint density at radius 3 is 2.21 bits per heavy atom. The Bertz CT molecular complexity index is 920. The van der Waals surface area contributed by atoms with Crippen LogP contribution in [0, 0.1) is 13.8 Å². The van der Waals surface area contributed by atoms with Crippen molar-refractivity contribution < 1.29 is 5.94 Å². The molecular weight excluding hydrogens is 290 g/mol. The maximum absolute atomic E-state index is 8.26. The van der Waals surface area contributed by atoms with Crippen molar-refractivity contribution in [2.75, 3.05) is 0 Å². The standard InChI is InChI=1S/C23H26N/c1-16(2)21-12-10-19(14-18(21)4)20-11-13-23(24(5)15-20)22-9-7-6-8-17(22)3/h6-16H,1-5H3/q+1/i16D. The highest BCUT2D eigenvalue weighted by atomic mass is 14.9. The number of nitrogens with zero attached hydrogens (tertiary/aromatic N) is 1. The normalized spacial score (nSPS) is 12.1. The van der Waals surface area contributed by atoms with Gasteiger partial charge in [0.05, 0.1) is 0 Å². The fourth-order valence-corrected chi connectivity index (χ4v) is 3.32. The van der Waals surface area contributed by atoms with Crippen molar-refractivity contribution in [3.63, 3.8) is 0 Å². The van der Waals surface area contributed by atoms with Crippen LogP contribution >= 0.6 is 0 Å². The largest absolute Gasteiger partial charge is 0.212 e. The minimum Gasteiger partial charge on any atom is -0.200 e. The molecule has 0 amide bonds. The Morgan fingerprint density at radius 1 is 0.875 bits per heavy atom. The first-order valence-corrected chi connectivity index (χ1v) is 8.44. The predicted octanol–water partition coefficient (Wildman–Crippen LogP) is 5.59. The highest BCUT2D eigenvalue weighted by molar-refractivity contribution is 5.67. The van der Waals surface area contributed by atoms with E-state index in [0.717, 1.165) is 5.56 Å². The van der Waals surface area contributed by atoms with Crippen LogP contribution < -0.4 is 4.57 Å². The maximum Gasteiger partial charge on any atom is 0.212 e. The molecule has 1 aromatic heterocycles. The monoisotopic (exact) mass is 317 g/mol. The first-order chi connectivity index (χ1) is 11.8. The zero-order chi connectivity index (χ0) is 18.2. The van der Waals surface area contributed by atoms with Gasteiger partial charge in [-0.1, -0.05) is 50.2 Å². The molecule has 0 aliphatic rings. The van der Waals surface area contributed by atoms with Gasteiger partial charge < -0.3 is 0 Å². The van der Waals surface area contributed by atoms with E-state index in [1.807, 2.05) is 13.8 Å². The summed E-state index contributed by atoms with van der Waals surface area (Å²) in [6.07, 6.45) is 2.18. The van der Waals surface area contributed by atoms with E-state index < -0.39 is 5.89 Å². The Labute approximate surface area is 147 Å². The highest BCUT2D eigenvalue weighted by Gasteiger charge is 2.14. The molecule has 2 aromatic carbocycles. The molecule has 0 fully saturated rings. The van der Waals surface area contributed by atoms with Gasteiger partial charge in [-0.05, 0) is 54.1 Å². The van der Waals surface area contributed by atoms with E-state index in [4.69, 9.17) is 1.37 Å². The number of hydrogen-bond acceptors (Lipinski definition) is 0.